The van der Waals surface area contributed by atoms with E-state index in [1.807, 2.05) is 36.0 Å². The zero-order valence-electron chi connectivity index (χ0n) is 11.0. The largest absolute Gasteiger partial charge is 0.350 e. The number of carbonyl (C=O) groups excluding carboxylic acids is 1. The third-order valence-electron chi connectivity index (χ3n) is 3.64. The predicted octanol–water partition coefficient (Wildman–Crippen LogP) is 2.70. The molecule has 1 fully saturated rings. The summed E-state index contributed by atoms with van der Waals surface area (Å²) in [5, 5.41) is 3.62. The van der Waals surface area contributed by atoms with Crippen molar-refractivity contribution in [2.45, 2.75) is 12.3 Å². The van der Waals surface area contributed by atoms with Crippen molar-refractivity contribution in [3.8, 4) is 0 Å². The van der Waals surface area contributed by atoms with E-state index in [1.165, 1.54) is 0 Å². The maximum atomic E-state index is 13.1. The number of likely N-dealkylation sites (tertiary alicyclic amines) is 1. The van der Waals surface area contributed by atoms with Crippen molar-refractivity contribution in [3.63, 3.8) is 0 Å². The van der Waals surface area contributed by atoms with Crippen LogP contribution in [-0.2, 0) is 7.05 Å². The highest BCUT2D eigenvalue weighted by molar-refractivity contribution is 6.01. The molecule has 0 radical (unpaired) electrons. The van der Waals surface area contributed by atoms with Crippen molar-refractivity contribution in [2.24, 2.45) is 7.05 Å². The van der Waals surface area contributed by atoms with Crippen molar-refractivity contribution < 1.29 is 13.6 Å². The molecule has 2 amide bonds. The molecule has 0 bridgehead atoms. The number of halogens is 2. The Bertz CT molecular complexity index is 645. The molecule has 2 atom stereocenters. The van der Waals surface area contributed by atoms with Gasteiger partial charge in [0.05, 0.1) is 18.8 Å². The van der Waals surface area contributed by atoms with Gasteiger partial charge in [-0.2, -0.15) is 0 Å². The third-order valence-corrected chi connectivity index (χ3v) is 3.64. The van der Waals surface area contributed by atoms with Crippen LogP contribution in [0, 0.1) is 0 Å². The Morgan fingerprint density at radius 2 is 1.95 bits per heavy atom. The molecular formula is C14H15F2N3O. The van der Waals surface area contributed by atoms with Gasteiger partial charge < -0.3 is 14.8 Å². The van der Waals surface area contributed by atoms with Gasteiger partial charge in [0.1, 0.15) is 0 Å². The van der Waals surface area contributed by atoms with Crippen molar-refractivity contribution >= 4 is 22.6 Å². The van der Waals surface area contributed by atoms with Crippen LogP contribution in [0.5, 0.6) is 0 Å². The van der Waals surface area contributed by atoms with Crippen LogP contribution in [0.4, 0.5) is 19.3 Å². The van der Waals surface area contributed by atoms with Crippen LogP contribution >= 0.6 is 0 Å². The van der Waals surface area contributed by atoms with E-state index in [0.717, 1.165) is 15.8 Å². The highest BCUT2D eigenvalue weighted by Gasteiger charge is 2.35. The smallest absolute Gasteiger partial charge is 0.322 e. The number of nitrogens with one attached hydrogen (secondary N) is 1. The lowest BCUT2D eigenvalue weighted by Gasteiger charge is -2.16. The lowest BCUT2D eigenvalue weighted by Crippen LogP contribution is -2.33. The second-order valence-electron chi connectivity index (χ2n) is 5.03. The van der Waals surface area contributed by atoms with Crippen LogP contribution in [-0.4, -0.2) is 40.9 Å². The number of anilines is 1. The first-order chi connectivity index (χ1) is 9.56. The second-order valence-corrected chi connectivity index (χ2v) is 5.03. The van der Waals surface area contributed by atoms with E-state index in [4.69, 9.17) is 0 Å². The van der Waals surface area contributed by atoms with E-state index >= 15 is 0 Å². The van der Waals surface area contributed by atoms with E-state index in [-0.39, 0.29) is 13.1 Å². The molecule has 3 rings (SSSR count). The first-order valence-electron chi connectivity index (χ1n) is 6.44. The van der Waals surface area contributed by atoms with Gasteiger partial charge in [-0.25, -0.2) is 13.6 Å². The minimum Gasteiger partial charge on any atom is -0.350 e. The average molecular weight is 279 g/mol. The fourth-order valence-electron chi connectivity index (χ4n) is 2.50. The minimum absolute atomic E-state index is 0.197. The van der Waals surface area contributed by atoms with Gasteiger partial charge in [-0.05, 0) is 18.2 Å². The number of alkyl halides is 2. The summed E-state index contributed by atoms with van der Waals surface area (Å²) in [6.45, 7) is -0.393. The Labute approximate surface area is 115 Å². The number of benzene rings is 1. The van der Waals surface area contributed by atoms with Crippen LogP contribution in [0.1, 0.15) is 0 Å². The zero-order valence-corrected chi connectivity index (χ0v) is 11.0. The number of fused-ring (bicyclic) bond motifs is 1. The van der Waals surface area contributed by atoms with Gasteiger partial charge in [0.25, 0.3) is 0 Å². The molecule has 1 aromatic carbocycles. The van der Waals surface area contributed by atoms with E-state index < -0.39 is 18.4 Å². The maximum Gasteiger partial charge on any atom is 0.322 e. The number of hydrogen-bond acceptors (Lipinski definition) is 1. The van der Waals surface area contributed by atoms with Gasteiger partial charge in [-0.3, -0.25) is 0 Å². The Morgan fingerprint density at radius 1 is 1.25 bits per heavy atom. The van der Waals surface area contributed by atoms with E-state index in [0.29, 0.717) is 5.69 Å². The van der Waals surface area contributed by atoms with Gasteiger partial charge in [0, 0.05) is 24.1 Å². The molecule has 1 aliphatic rings. The Hall–Kier alpha value is -2.11. The van der Waals surface area contributed by atoms with E-state index in [9.17, 15) is 13.6 Å². The molecule has 1 aliphatic heterocycles. The summed E-state index contributed by atoms with van der Waals surface area (Å²) in [4.78, 5) is 13.2. The number of hydrogen-bond donors (Lipinski definition) is 1. The fraction of sp³-hybridized carbons (Fsp3) is 0.357. The van der Waals surface area contributed by atoms with E-state index in [1.54, 1.807) is 6.07 Å². The first-order valence-corrected chi connectivity index (χ1v) is 6.44. The molecule has 20 heavy (non-hydrogen) atoms. The lowest BCUT2D eigenvalue weighted by atomic mass is 10.2. The molecule has 1 N–H and O–H groups in total. The number of carbonyl (C=O) groups is 1. The van der Waals surface area contributed by atoms with Crippen LogP contribution in [0.2, 0.25) is 0 Å². The average Bonchev–Trinajstić information content (AvgIpc) is 2.95. The minimum atomic E-state index is -1.59. The molecule has 4 nitrogen and oxygen atoms in total. The normalized spacial score (nSPS) is 22.4. The molecule has 0 aliphatic carbocycles. The molecular weight excluding hydrogens is 264 g/mol. The van der Waals surface area contributed by atoms with Crippen LogP contribution in [0.25, 0.3) is 10.9 Å². The second kappa shape index (κ2) is 4.77. The molecule has 1 saturated heterocycles. The summed E-state index contributed by atoms with van der Waals surface area (Å²) in [7, 11) is 1.91. The van der Waals surface area contributed by atoms with Gasteiger partial charge in [0.15, 0.2) is 12.3 Å². The molecule has 0 saturated carbocycles. The molecule has 6 heteroatoms. The summed E-state index contributed by atoms with van der Waals surface area (Å²) < 4.78 is 28.2. The van der Waals surface area contributed by atoms with E-state index in [2.05, 4.69) is 5.32 Å². The topological polar surface area (TPSA) is 37.3 Å². The molecule has 1 aromatic heterocycles. The van der Waals surface area contributed by atoms with Gasteiger partial charge >= 0.3 is 6.03 Å². The number of rotatable bonds is 1. The Morgan fingerprint density at radius 3 is 2.65 bits per heavy atom. The molecule has 0 unspecified atom stereocenters. The Balaban J connectivity index is 1.81. The molecule has 2 aromatic rings. The fourth-order valence-corrected chi connectivity index (χ4v) is 2.50. The standard InChI is InChI=1S/C14H15F2N3O/c1-18-6-5-9-12(3-2-4-13(9)18)17-14(20)19-7-10(15)11(16)8-19/h2-6,10-11H,7-8H2,1H3,(H,17,20)/t10-,11+. The summed E-state index contributed by atoms with van der Waals surface area (Å²) in [5.41, 5.74) is 1.63. The maximum absolute atomic E-state index is 13.1. The highest BCUT2D eigenvalue weighted by atomic mass is 19.2. The highest BCUT2D eigenvalue weighted by Crippen LogP contribution is 2.25. The Kier molecular flexibility index (Phi) is 3.08. The number of amides is 2. The monoisotopic (exact) mass is 279 g/mol. The molecule has 2 heterocycles. The van der Waals surface area contributed by atoms with Gasteiger partial charge in [-0.1, -0.05) is 6.07 Å². The molecule has 0 spiro atoms. The number of nitrogens with zero attached hydrogens (tertiary/aromatic N) is 2. The van der Waals surface area contributed by atoms with Crippen LogP contribution < -0.4 is 5.32 Å². The third kappa shape index (κ3) is 2.11. The predicted molar refractivity (Wildman–Crippen MR) is 73.3 cm³/mol. The van der Waals surface area contributed by atoms with Crippen molar-refractivity contribution in [1.29, 1.82) is 0 Å². The number of aryl methyl sites for hydroxylation is 1. The van der Waals surface area contributed by atoms with Crippen LogP contribution in [0.15, 0.2) is 30.5 Å². The summed E-state index contributed by atoms with van der Waals surface area (Å²) in [5.74, 6) is 0. The van der Waals surface area contributed by atoms with Gasteiger partial charge in [0.2, 0.25) is 0 Å². The zero-order chi connectivity index (χ0) is 14.3. The first kappa shape index (κ1) is 12.9. The SMILES string of the molecule is Cn1ccc2c(NC(=O)N3C[C@@H](F)[C@@H](F)C3)cccc21. The number of aromatic nitrogens is 1. The molecule has 106 valence electrons. The summed E-state index contributed by atoms with van der Waals surface area (Å²) >= 11 is 0. The van der Waals surface area contributed by atoms with Crippen LogP contribution in [0.3, 0.4) is 0 Å². The summed E-state index contributed by atoms with van der Waals surface area (Å²) in [6, 6.07) is 6.97. The van der Waals surface area contributed by atoms with Crippen molar-refractivity contribution in [2.75, 3.05) is 18.4 Å². The van der Waals surface area contributed by atoms with Gasteiger partial charge in [-0.15, -0.1) is 0 Å². The quantitative estimate of drug-likeness (QED) is 0.856. The number of urea groups is 1. The van der Waals surface area contributed by atoms with Crippen molar-refractivity contribution in [1.82, 2.24) is 9.47 Å². The van der Waals surface area contributed by atoms with Crippen molar-refractivity contribution in [3.05, 3.63) is 30.5 Å². The summed E-state index contributed by atoms with van der Waals surface area (Å²) in [6.07, 6.45) is -1.28. The lowest BCUT2D eigenvalue weighted by molar-refractivity contribution is 0.217.